The molecule has 1 fully saturated rings. The lowest BCUT2D eigenvalue weighted by atomic mass is 10.2. The largest absolute Gasteiger partial charge is 0.459 e. The molecule has 1 aromatic carbocycles. The molecule has 1 aliphatic heterocycles. The average molecular weight is 568 g/mol. The minimum atomic E-state index is -0.0790. The third-order valence-corrected chi connectivity index (χ3v) is 5.02. The fourth-order valence-electron chi connectivity index (χ4n) is 3.50. The number of carbonyl (C=O) groups is 2. The van der Waals surface area contributed by atoms with E-state index in [1.165, 1.54) is 6.26 Å². The van der Waals surface area contributed by atoms with Crippen LogP contribution in [0.4, 0.5) is 5.69 Å². The van der Waals surface area contributed by atoms with E-state index in [0.29, 0.717) is 45.0 Å². The highest BCUT2D eigenvalue weighted by molar-refractivity contribution is 14.0. The van der Waals surface area contributed by atoms with Gasteiger partial charge < -0.3 is 29.8 Å². The Morgan fingerprint density at radius 1 is 1.09 bits per heavy atom. The Labute approximate surface area is 212 Å². The molecule has 0 saturated carbocycles. The summed E-state index contributed by atoms with van der Waals surface area (Å²) < 4.78 is 5.23. The van der Waals surface area contributed by atoms with Gasteiger partial charge in [-0.1, -0.05) is 12.1 Å². The fourth-order valence-corrected chi connectivity index (χ4v) is 3.50. The molecule has 180 valence electrons. The Morgan fingerprint density at radius 3 is 2.45 bits per heavy atom. The van der Waals surface area contributed by atoms with Crippen LogP contribution in [0.25, 0.3) is 0 Å². The summed E-state index contributed by atoms with van der Waals surface area (Å²) in [6.07, 6.45) is 1.52. The van der Waals surface area contributed by atoms with Crippen LogP contribution < -0.4 is 10.6 Å². The number of nitrogens with one attached hydrogen (secondary N) is 2. The van der Waals surface area contributed by atoms with E-state index in [1.54, 1.807) is 17.0 Å². The first-order chi connectivity index (χ1) is 15.5. The molecule has 1 aliphatic rings. The highest BCUT2D eigenvalue weighted by Gasteiger charge is 2.25. The Balaban J connectivity index is 0.00000385. The minimum absolute atomic E-state index is 0. The summed E-state index contributed by atoms with van der Waals surface area (Å²) in [7, 11) is 3.72. The fraction of sp³-hybridized carbons (Fsp3) is 0.435. The number of likely N-dealkylation sites (N-methyl/N-ethyl adjacent to an activating group) is 1. The van der Waals surface area contributed by atoms with Crippen LogP contribution in [0.2, 0.25) is 0 Å². The first kappa shape index (κ1) is 26.7. The lowest BCUT2D eigenvalue weighted by molar-refractivity contribution is -0.116. The third-order valence-electron chi connectivity index (χ3n) is 5.02. The van der Waals surface area contributed by atoms with E-state index in [2.05, 4.69) is 15.5 Å². The van der Waals surface area contributed by atoms with E-state index in [0.717, 1.165) is 23.8 Å². The van der Waals surface area contributed by atoms with E-state index in [1.807, 2.05) is 50.2 Å². The standard InChI is InChI=1S/C23H32N6O3.HI/c1-4-24-23(29-12-10-28(11-13-29)22(31)20-9-6-14-32-20)25-16-18-7-5-8-19(15-18)26-21(30)17-27(2)3;/h5-9,14-15H,4,10-13,16-17H2,1-3H3,(H,24,25)(H,26,30);1H. The molecule has 9 nitrogen and oxygen atoms in total. The zero-order valence-electron chi connectivity index (χ0n) is 19.4. The van der Waals surface area contributed by atoms with Gasteiger partial charge in [-0.2, -0.15) is 0 Å². The number of guanidine groups is 1. The van der Waals surface area contributed by atoms with E-state index >= 15 is 0 Å². The molecule has 0 spiro atoms. The Bertz CT molecular complexity index is 924. The maximum absolute atomic E-state index is 12.5. The van der Waals surface area contributed by atoms with Crippen LogP contribution in [0.5, 0.6) is 0 Å². The summed E-state index contributed by atoms with van der Waals surface area (Å²) >= 11 is 0. The molecular weight excluding hydrogens is 535 g/mol. The second-order valence-electron chi connectivity index (χ2n) is 7.91. The SMILES string of the molecule is CCNC(=NCc1cccc(NC(=O)CN(C)C)c1)N1CCN(C(=O)c2ccco2)CC1.I. The van der Waals surface area contributed by atoms with Gasteiger partial charge in [0.15, 0.2) is 11.7 Å². The molecule has 0 radical (unpaired) electrons. The number of carbonyl (C=O) groups excluding carboxylic acids is 2. The summed E-state index contributed by atoms with van der Waals surface area (Å²) in [5, 5.41) is 6.26. The van der Waals surface area contributed by atoms with Crippen molar-refractivity contribution in [2.75, 3.05) is 58.7 Å². The van der Waals surface area contributed by atoms with Gasteiger partial charge in [0.25, 0.3) is 5.91 Å². The molecule has 0 unspecified atom stereocenters. The average Bonchev–Trinajstić information content (AvgIpc) is 3.31. The predicted molar refractivity (Wildman–Crippen MR) is 140 cm³/mol. The van der Waals surface area contributed by atoms with Crippen LogP contribution in [0.15, 0.2) is 52.1 Å². The van der Waals surface area contributed by atoms with Crippen LogP contribution in [-0.2, 0) is 11.3 Å². The molecule has 0 bridgehead atoms. The molecule has 1 aromatic heterocycles. The van der Waals surface area contributed by atoms with E-state index in [9.17, 15) is 9.59 Å². The molecular formula is C23H33IN6O3. The Hall–Kier alpha value is -2.60. The first-order valence-electron chi connectivity index (χ1n) is 10.9. The quantitative estimate of drug-likeness (QED) is 0.303. The van der Waals surface area contributed by atoms with Crippen molar-refractivity contribution < 1.29 is 14.0 Å². The zero-order chi connectivity index (χ0) is 22.9. The number of rotatable bonds is 7. The molecule has 2 heterocycles. The van der Waals surface area contributed by atoms with Crippen molar-refractivity contribution in [2.45, 2.75) is 13.5 Å². The second-order valence-corrected chi connectivity index (χ2v) is 7.91. The smallest absolute Gasteiger partial charge is 0.289 e. The molecule has 33 heavy (non-hydrogen) atoms. The number of amides is 2. The van der Waals surface area contributed by atoms with Crippen molar-refractivity contribution in [1.82, 2.24) is 20.0 Å². The molecule has 3 rings (SSSR count). The lowest BCUT2D eigenvalue weighted by Crippen LogP contribution is -2.53. The minimum Gasteiger partial charge on any atom is -0.459 e. The number of hydrogen-bond acceptors (Lipinski definition) is 5. The number of benzene rings is 1. The Kier molecular flexibility index (Phi) is 10.7. The molecule has 2 aromatic rings. The van der Waals surface area contributed by atoms with Crippen LogP contribution >= 0.6 is 24.0 Å². The highest BCUT2D eigenvalue weighted by Crippen LogP contribution is 2.13. The molecule has 2 N–H and O–H groups in total. The molecule has 10 heteroatoms. The van der Waals surface area contributed by atoms with Gasteiger partial charge in [0, 0.05) is 38.4 Å². The van der Waals surface area contributed by atoms with Gasteiger partial charge in [-0.25, -0.2) is 4.99 Å². The van der Waals surface area contributed by atoms with E-state index in [4.69, 9.17) is 9.41 Å². The van der Waals surface area contributed by atoms with E-state index in [-0.39, 0.29) is 35.8 Å². The first-order valence-corrected chi connectivity index (χ1v) is 10.9. The summed E-state index contributed by atoms with van der Waals surface area (Å²) in [5.74, 6) is 1.06. The van der Waals surface area contributed by atoms with Crippen molar-refractivity contribution in [3.05, 3.63) is 54.0 Å². The monoisotopic (exact) mass is 568 g/mol. The molecule has 1 saturated heterocycles. The van der Waals surface area contributed by atoms with Gasteiger partial charge in [0.1, 0.15) is 0 Å². The zero-order valence-corrected chi connectivity index (χ0v) is 21.7. The number of furan rings is 1. The van der Waals surface area contributed by atoms with Crippen LogP contribution in [0.3, 0.4) is 0 Å². The second kappa shape index (κ2) is 13.2. The van der Waals surface area contributed by atoms with Crippen molar-refractivity contribution >= 4 is 47.4 Å². The third kappa shape index (κ3) is 8.04. The van der Waals surface area contributed by atoms with Crippen molar-refractivity contribution in [3.63, 3.8) is 0 Å². The van der Waals surface area contributed by atoms with Gasteiger partial charge >= 0.3 is 0 Å². The van der Waals surface area contributed by atoms with Crippen molar-refractivity contribution in [2.24, 2.45) is 4.99 Å². The maximum Gasteiger partial charge on any atom is 0.289 e. The van der Waals surface area contributed by atoms with Gasteiger partial charge in [0.05, 0.1) is 19.4 Å². The van der Waals surface area contributed by atoms with Gasteiger partial charge in [-0.15, -0.1) is 24.0 Å². The van der Waals surface area contributed by atoms with Crippen LogP contribution in [-0.4, -0.2) is 85.8 Å². The molecule has 0 atom stereocenters. The number of nitrogens with zero attached hydrogens (tertiary/aromatic N) is 4. The summed E-state index contributed by atoms with van der Waals surface area (Å²) in [6, 6.07) is 11.2. The topological polar surface area (TPSA) is 93.4 Å². The highest BCUT2D eigenvalue weighted by atomic mass is 127. The van der Waals surface area contributed by atoms with Crippen LogP contribution in [0.1, 0.15) is 23.0 Å². The van der Waals surface area contributed by atoms with Gasteiger partial charge in [-0.3, -0.25) is 9.59 Å². The van der Waals surface area contributed by atoms with Gasteiger partial charge in [0.2, 0.25) is 5.91 Å². The van der Waals surface area contributed by atoms with Crippen molar-refractivity contribution in [3.8, 4) is 0 Å². The lowest BCUT2D eigenvalue weighted by Gasteiger charge is -2.36. The summed E-state index contributed by atoms with van der Waals surface area (Å²) in [4.78, 5) is 35.1. The summed E-state index contributed by atoms with van der Waals surface area (Å²) in [6.45, 7) is 6.22. The number of halogens is 1. The Morgan fingerprint density at radius 2 is 1.82 bits per heavy atom. The number of aliphatic imine (C=N–C) groups is 1. The van der Waals surface area contributed by atoms with Crippen molar-refractivity contribution in [1.29, 1.82) is 0 Å². The number of anilines is 1. The summed E-state index contributed by atoms with van der Waals surface area (Å²) in [5.41, 5.74) is 1.77. The molecule has 2 amide bonds. The van der Waals surface area contributed by atoms with E-state index < -0.39 is 0 Å². The normalized spacial score (nSPS) is 14.1. The van der Waals surface area contributed by atoms with Gasteiger partial charge in [-0.05, 0) is 50.8 Å². The number of piperazine rings is 1. The van der Waals surface area contributed by atoms with Crippen LogP contribution in [0, 0.1) is 0 Å². The molecule has 0 aliphatic carbocycles. The predicted octanol–water partition coefficient (Wildman–Crippen LogP) is 2.32. The maximum atomic E-state index is 12.5. The number of hydrogen-bond donors (Lipinski definition) is 2.